The van der Waals surface area contributed by atoms with Gasteiger partial charge in [0.25, 0.3) is 0 Å². The van der Waals surface area contributed by atoms with Crippen LogP contribution in [0.25, 0.3) is 0 Å². The molecule has 2 fully saturated rings. The van der Waals surface area contributed by atoms with E-state index in [1.807, 2.05) is 0 Å². The van der Waals surface area contributed by atoms with Gasteiger partial charge in [-0.3, -0.25) is 4.90 Å². The first-order valence-electron chi connectivity index (χ1n) is 8.24. The molecule has 0 aliphatic carbocycles. The van der Waals surface area contributed by atoms with E-state index >= 15 is 0 Å². The van der Waals surface area contributed by atoms with Gasteiger partial charge in [-0.2, -0.15) is 11.8 Å². The first kappa shape index (κ1) is 15.7. The Labute approximate surface area is 124 Å². The predicted molar refractivity (Wildman–Crippen MR) is 86.9 cm³/mol. The molecule has 2 unspecified atom stereocenters. The quantitative estimate of drug-likeness (QED) is 0.834. The van der Waals surface area contributed by atoms with Crippen molar-refractivity contribution in [1.82, 2.24) is 10.2 Å². The summed E-state index contributed by atoms with van der Waals surface area (Å²) in [5, 5.41) is 3.77. The van der Waals surface area contributed by atoms with Gasteiger partial charge in [-0.25, -0.2) is 0 Å². The van der Waals surface area contributed by atoms with Crippen molar-refractivity contribution in [1.29, 1.82) is 0 Å². The van der Waals surface area contributed by atoms with Crippen molar-refractivity contribution in [3.05, 3.63) is 0 Å². The van der Waals surface area contributed by atoms with Gasteiger partial charge in [0.15, 0.2) is 0 Å². The molecule has 19 heavy (non-hydrogen) atoms. The first-order chi connectivity index (χ1) is 9.19. The molecule has 112 valence electrons. The molecule has 2 aliphatic heterocycles. The van der Waals surface area contributed by atoms with Crippen molar-refractivity contribution in [2.45, 2.75) is 58.5 Å². The molecule has 0 aromatic carbocycles. The fourth-order valence-corrected chi connectivity index (χ4v) is 4.75. The minimum atomic E-state index is 0.723. The molecular weight excluding hydrogens is 252 g/mol. The second-order valence-corrected chi connectivity index (χ2v) is 8.03. The zero-order valence-electron chi connectivity index (χ0n) is 13.0. The van der Waals surface area contributed by atoms with E-state index in [-0.39, 0.29) is 0 Å². The molecule has 0 amide bonds. The molecule has 2 atom stereocenters. The summed E-state index contributed by atoms with van der Waals surface area (Å²) < 4.78 is 0. The average molecular weight is 285 g/mol. The fraction of sp³-hybridized carbons (Fsp3) is 1.00. The van der Waals surface area contributed by atoms with Crippen LogP contribution in [0.1, 0.15) is 46.5 Å². The standard InChI is InChI=1S/C16H32N2S/c1-4-16-10-17-15(9-13(2)3)12-18(16)11-14-5-7-19-8-6-14/h13-17H,4-12H2,1-3H3. The lowest BCUT2D eigenvalue weighted by Gasteiger charge is -2.42. The van der Waals surface area contributed by atoms with Crippen LogP contribution in [0, 0.1) is 11.8 Å². The highest BCUT2D eigenvalue weighted by Gasteiger charge is 2.29. The largest absolute Gasteiger partial charge is 0.311 e. The molecule has 0 aromatic rings. The van der Waals surface area contributed by atoms with Crippen LogP contribution in [0.5, 0.6) is 0 Å². The van der Waals surface area contributed by atoms with Crippen LogP contribution in [0.4, 0.5) is 0 Å². The van der Waals surface area contributed by atoms with Crippen LogP contribution >= 0.6 is 11.8 Å². The number of rotatable bonds is 5. The molecule has 0 saturated carbocycles. The molecule has 0 radical (unpaired) electrons. The topological polar surface area (TPSA) is 15.3 Å². The van der Waals surface area contributed by atoms with Crippen LogP contribution < -0.4 is 5.32 Å². The summed E-state index contributed by atoms with van der Waals surface area (Å²) in [6, 6.07) is 1.50. The summed E-state index contributed by atoms with van der Waals surface area (Å²) in [7, 11) is 0. The monoisotopic (exact) mass is 284 g/mol. The van der Waals surface area contributed by atoms with E-state index in [2.05, 4.69) is 42.7 Å². The van der Waals surface area contributed by atoms with E-state index in [9.17, 15) is 0 Å². The Morgan fingerprint density at radius 1 is 1.26 bits per heavy atom. The summed E-state index contributed by atoms with van der Waals surface area (Å²) >= 11 is 2.15. The third-order valence-electron chi connectivity index (χ3n) is 4.67. The summed E-state index contributed by atoms with van der Waals surface area (Å²) in [5.74, 6) is 4.56. The number of thioether (sulfide) groups is 1. The van der Waals surface area contributed by atoms with E-state index in [0.29, 0.717) is 0 Å². The Kier molecular flexibility index (Phi) is 6.51. The van der Waals surface area contributed by atoms with E-state index in [1.54, 1.807) is 0 Å². The van der Waals surface area contributed by atoms with Crippen molar-refractivity contribution in [2.75, 3.05) is 31.1 Å². The molecule has 3 heteroatoms. The van der Waals surface area contributed by atoms with Crippen molar-refractivity contribution < 1.29 is 0 Å². The molecule has 1 N–H and O–H groups in total. The van der Waals surface area contributed by atoms with Gasteiger partial charge in [0, 0.05) is 31.7 Å². The Balaban J connectivity index is 1.85. The minimum Gasteiger partial charge on any atom is -0.311 e. The summed E-state index contributed by atoms with van der Waals surface area (Å²) in [6.07, 6.45) is 5.51. The van der Waals surface area contributed by atoms with Gasteiger partial charge in [0.1, 0.15) is 0 Å². The van der Waals surface area contributed by atoms with E-state index < -0.39 is 0 Å². The third kappa shape index (κ3) is 4.95. The van der Waals surface area contributed by atoms with Crippen LogP contribution in [-0.4, -0.2) is 48.1 Å². The van der Waals surface area contributed by atoms with Crippen molar-refractivity contribution in [3.8, 4) is 0 Å². The second-order valence-electron chi connectivity index (χ2n) is 6.81. The molecule has 2 aliphatic rings. The van der Waals surface area contributed by atoms with Crippen molar-refractivity contribution in [3.63, 3.8) is 0 Å². The Morgan fingerprint density at radius 3 is 2.63 bits per heavy atom. The second kappa shape index (κ2) is 7.90. The highest BCUT2D eigenvalue weighted by Crippen LogP contribution is 2.25. The maximum Gasteiger partial charge on any atom is 0.0218 e. The Hall–Kier alpha value is 0.270. The van der Waals surface area contributed by atoms with Gasteiger partial charge < -0.3 is 5.32 Å². The molecule has 2 saturated heterocycles. The lowest BCUT2D eigenvalue weighted by molar-refractivity contribution is 0.0979. The number of piperazine rings is 1. The van der Waals surface area contributed by atoms with Crippen LogP contribution in [0.2, 0.25) is 0 Å². The van der Waals surface area contributed by atoms with Gasteiger partial charge in [0.2, 0.25) is 0 Å². The lowest BCUT2D eigenvalue weighted by atomic mass is 9.96. The number of hydrogen-bond donors (Lipinski definition) is 1. The van der Waals surface area contributed by atoms with Crippen LogP contribution in [-0.2, 0) is 0 Å². The molecule has 0 bridgehead atoms. The molecule has 0 aromatic heterocycles. The van der Waals surface area contributed by atoms with Crippen LogP contribution in [0.3, 0.4) is 0 Å². The highest BCUT2D eigenvalue weighted by molar-refractivity contribution is 7.99. The third-order valence-corrected chi connectivity index (χ3v) is 5.72. The minimum absolute atomic E-state index is 0.723. The van der Waals surface area contributed by atoms with Crippen molar-refractivity contribution in [2.24, 2.45) is 11.8 Å². The van der Waals surface area contributed by atoms with E-state index in [1.165, 1.54) is 56.8 Å². The molecule has 2 nitrogen and oxygen atoms in total. The number of nitrogens with zero attached hydrogens (tertiary/aromatic N) is 1. The molecule has 2 heterocycles. The smallest absolute Gasteiger partial charge is 0.0218 e. The zero-order valence-corrected chi connectivity index (χ0v) is 13.8. The number of hydrogen-bond acceptors (Lipinski definition) is 3. The normalized spacial score (nSPS) is 30.9. The van der Waals surface area contributed by atoms with E-state index in [0.717, 1.165) is 23.9 Å². The van der Waals surface area contributed by atoms with Gasteiger partial charge in [-0.15, -0.1) is 0 Å². The maximum absolute atomic E-state index is 3.77. The van der Waals surface area contributed by atoms with Gasteiger partial charge in [-0.05, 0) is 49.0 Å². The summed E-state index contributed by atoms with van der Waals surface area (Å²) in [6.45, 7) is 10.9. The number of nitrogens with one attached hydrogen (secondary N) is 1. The lowest BCUT2D eigenvalue weighted by Crippen LogP contribution is -2.57. The van der Waals surface area contributed by atoms with Gasteiger partial charge in [-0.1, -0.05) is 20.8 Å². The fourth-order valence-electron chi connectivity index (χ4n) is 3.54. The molecular formula is C16H32N2S. The molecule has 0 spiro atoms. The summed E-state index contributed by atoms with van der Waals surface area (Å²) in [4.78, 5) is 2.81. The zero-order chi connectivity index (χ0) is 13.7. The van der Waals surface area contributed by atoms with Gasteiger partial charge >= 0.3 is 0 Å². The predicted octanol–water partition coefficient (Wildman–Crippen LogP) is 3.23. The summed E-state index contributed by atoms with van der Waals surface area (Å²) in [5.41, 5.74) is 0. The average Bonchev–Trinajstić information content (AvgIpc) is 2.39. The van der Waals surface area contributed by atoms with Crippen molar-refractivity contribution >= 4 is 11.8 Å². The van der Waals surface area contributed by atoms with Gasteiger partial charge in [0.05, 0.1) is 0 Å². The SMILES string of the molecule is CCC1CNC(CC(C)C)CN1CC1CCSCC1. The Bertz CT molecular complexity index is 251. The molecule has 2 rings (SSSR count). The van der Waals surface area contributed by atoms with Crippen LogP contribution in [0.15, 0.2) is 0 Å². The first-order valence-corrected chi connectivity index (χ1v) is 9.39. The highest BCUT2D eigenvalue weighted by atomic mass is 32.2. The maximum atomic E-state index is 3.77. The Morgan fingerprint density at radius 2 is 2.00 bits per heavy atom. The van der Waals surface area contributed by atoms with E-state index in [4.69, 9.17) is 0 Å².